The molecule has 7 nitrogen and oxygen atoms in total. The molecule has 0 aliphatic rings. The van der Waals surface area contributed by atoms with Gasteiger partial charge in [-0.05, 0) is 42.3 Å². The summed E-state index contributed by atoms with van der Waals surface area (Å²) < 4.78 is 0. The molecule has 2 aromatic carbocycles. The number of primary amides is 1. The fourth-order valence-electron chi connectivity index (χ4n) is 2.87. The number of hydrogen-bond acceptors (Lipinski definition) is 4. The van der Waals surface area contributed by atoms with Crippen molar-refractivity contribution in [3.05, 3.63) is 65.6 Å². The quantitative estimate of drug-likeness (QED) is 0.323. The van der Waals surface area contributed by atoms with E-state index < -0.39 is 11.8 Å². The van der Waals surface area contributed by atoms with Gasteiger partial charge in [0.25, 0.3) is 11.8 Å². The number of aromatic amines is 1. The highest BCUT2D eigenvalue weighted by Crippen LogP contribution is 2.31. The van der Waals surface area contributed by atoms with Crippen LogP contribution in [0.5, 0.6) is 0 Å². The summed E-state index contributed by atoms with van der Waals surface area (Å²) in [5.74, 6) is -1.56. The lowest BCUT2D eigenvalue weighted by atomic mass is 9.98. The van der Waals surface area contributed by atoms with Crippen molar-refractivity contribution < 1.29 is 14.7 Å². The maximum Gasteiger partial charge on any atom is 0.269 e. The zero-order valence-corrected chi connectivity index (χ0v) is 14.4. The van der Waals surface area contributed by atoms with Gasteiger partial charge in [-0.3, -0.25) is 9.59 Å². The van der Waals surface area contributed by atoms with E-state index in [1.807, 2.05) is 12.1 Å². The van der Waals surface area contributed by atoms with E-state index in [1.165, 1.54) is 6.92 Å². The minimum atomic E-state index is -0.689. The molecule has 3 rings (SSSR count). The molecule has 0 aliphatic heterocycles. The topological polar surface area (TPSA) is 132 Å². The minimum absolute atomic E-state index is 0.345. The number of H-pyrrole nitrogens is 1. The Morgan fingerprint density at radius 3 is 2.67 bits per heavy atom. The number of carbonyl (C=O) groups is 2. The van der Waals surface area contributed by atoms with E-state index in [9.17, 15) is 14.7 Å². The number of nitrogens with zero attached hydrogens (tertiary/aromatic N) is 1. The lowest BCUT2D eigenvalue weighted by molar-refractivity contribution is -0.112. The van der Waals surface area contributed by atoms with Crippen LogP contribution < -0.4 is 11.1 Å². The third-order valence-corrected chi connectivity index (χ3v) is 4.12. The Hall–Kier alpha value is -4.05. The molecule has 1 aromatic heterocycles. The number of nitrogens with one attached hydrogen (secondary N) is 2. The highest BCUT2D eigenvalue weighted by Gasteiger charge is 2.15. The first-order valence-electron chi connectivity index (χ1n) is 8.04. The molecular weight excluding hydrogens is 344 g/mol. The molecule has 0 saturated carbocycles. The molecule has 27 heavy (non-hydrogen) atoms. The van der Waals surface area contributed by atoms with Crippen LogP contribution >= 0.6 is 0 Å². The highest BCUT2D eigenvalue weighted by atomic mass is 16.3. The van der Waals surface area contributed by atoms with E-state index in [2.05, 4.69) is 10.3 Å². The van der Waals surface area contributed by atoms with Crippen molar-refractivity contribution in [2.45, 2.75) is 6.92 Å². The van der Waals surface area contributed by atoms with Gasteiger partial charge in [0.1, 0.15) is 11.8 Å². The number of aromatic nitrogens is 1. The summed E-state index contributed by atoms with van der Waals surface area (Å²) in [6.45, 7) is 1.28. The number of allylic oxidation sites excluding steroid dienone is 1. The summed E-state index contributed by atoms with van der Waals surface area (Å²) in [7, 11) is 0. The standard InChI is InChI=1S/C20H16N4O3/c1-11(25)17(10-21)20(27)24-13-4-2-3-12(9-13)14-5-6-16(19(22)26)18-15(14)7-8-23-18/h2-9,23,25H,1H3,(H2,22,26)(H,24,27). The van der Waals surface area contributed by atoms with Gasteiger partial charge in [0, 0.05) is 17.3 Å². The Labute approximate surface area is 154 Å². The number of aliphatic hydroxyl groups excluding tert-OH is 1. The van der Waals surface area contributed by atoms with Crippen LogP contribution in [0.15, 0.2) is 60.0 Å². The van der Waals surface area contributed by atoms with Gasteiger partial charge >= 0.3 is 0 Å². The minimum Gasteiger partial charge on any atom is -0.511 e. The van der Waals surface area contributed by atoms with Crippen LogP contribution in [-0.4, -0.2) is 21.9 Å². The Morgan fingerprint density at radius 1 is 1.22 bits per heavy atom. The van der Waals surface area contributed by atoms with Gasteiger partial charge in [-0.15, -0.1) is 0 Å². The van der Waals surface area contributed by atoms with Crippen molar-refractivity contribution >= 4 is 28.4 Å². The molecule has 0 radical (unpaired) electrons. The van der Waals surface area contributed by atoms with Crippen LogP contribution in [0.25, 0.3) is 22.0 Å². The molecule has 134 valence electrons. The first kappa shape index (κ1) is 17.8. The number of carbonyl (C=O) groups excluding carboxylic acids is 2. The van der Waals surface area contributed by atoms with Crippen molar-refractivity contribution in [3.8, 4) is 17.2 Å². The molecule has 0 spiro atoms. The van der Waals surface area contributed by atoms with Crippen LogP contribution in [-0.2, 0) is 4.79 Å². The molecule has 7 heteroatoms. The molecule has 0 saturated heterocycles. The summed E-state index contributed by atoms with van der Waals surface area (Å²) in [5.41, 5.74) is 8.22. The molecule has 0 atom stereocenters. The van der Waals surface area contributed by atoms with Gasteiger partial charge in [0.2, 0.25) is 0 Å². The Kier molecular flexibility index (Phi) is 4.64. The van der Waals surface area contributed by atoms with Crippen LogP contribution in [0.4, 0.5) is 5.69 Å². The van der Waals surface area contributed by atoms with E-state index in [0.717, 1.165) is 16.5 Å². The average Bonchev–Trinajstić information content (AvgIpc) is 3.10. The molecule has 5 N–H and O–H groups in total. The third kappa shape index (κ3) is 3.37. The second-order valence-electron chi connectivity index (χ2n) is 5.90. The number of amides is 2. The fraction of sp³-hybridized carbons (Fsp3) is 0.0500. The van der Waals surface area contributed by atoms with Gasteiger partial charge in [0.15, 0.2) is 5.57 Å². The maximum atomic E-state index is 12.1. The molecule has 3 aromatic rings. The lowest BCUT2D eigenvalue weighted by Crippen LogP contribution is -2.14. The monoisotopic (exact) mass is 360 g/mol. The summed E-state index contributed by atoms with van der Waals surface area (Å²) in [4.78, 5) is 26.7. The van der Waals surface area contributed by atoms with Crippen LogP contribution in [0.3, 0.4) is 0 Å². The Bertz CT molecular complexity index is 1130. The summed E-state index contributed by atoms with van der Waals surface area (Å²) in [6, 6.07) is 14.0. The van der Waals surface area contributed by atoms with E-state index in [0.29, 0.717) is 16.8 Å². The zero-order chi connectivity index (χ0) is 19.6. The molecule has 2 amide bonds. The third-order valence-electron chi connectivity index (χ3n) is 4.12. The van der Waals surface area contributed by atoms with Crippen LogP contribution in [0, 0.1) is 11.3 Å². The zero-order valence-electron chi connectivity index (χ0n) is 14.4. The average molecular weight is 360 g/mol. The van der Waals surface area contributed by atoms with E-state index in [4.69, 9.17) is 11.0 Å². The molecule has 0 aliphatic carbocycles. The predicted octanol–water partition coefficient (Wildman–Crippen LogP) is 3.23. The summed E-state index contributed by atoms with van der Waals surface area (Å²) >= 11 is 0. The summed E-state index contributed by atoms with van der Waals surface area (Å²) in [6.07, 6.45) is 1.72. The second kappa shape index (κ2) is 7.06. The van der Waals surface area contributed by atoms with Gasteiger partial charge in [-0.25, -0.2) is 0 Å². The Morgan fingerprint density at radius 2 is 2.00 bits per heavy atom. The number of nitrogens with two attached hydrogens (primary N) is 1. The lowest BCUT2D eigenvalue weighted by Gasteiger charge is -2.10. The van der Waals surface area contributed by atoms with Crippen molar-refractivity contribution in [1.29, 1.82) is 5.26 Å². The van der Waals surface area contributed by atoms with Crippen molar-refractivity contribution in [1.82, 2.24) is 4.98 Å². The molecular formula is C20H16N4O3. The van der Waals surface area contributed by atoms with Gasteiger partial charge in [-0.2, -0.15) is 5.26 Å². The van der Waals surface area contributed by atoms with E-state index in [1.54, 1.807) is 42.6 Å². The number of hydrogen-bond donors (Lipinski definition) is 4. The molecule has 0 fully saturated rings. The van der Waals surface area contributed by atoms with Crippen LogP contribution in [0.2, 0.25) is 0 Å². The largest absolute Gasteiger partial charge is 0.511 e. The number of nitriles is 1. The van der Waals surface area contributed by atoms with Crippen molar-refractivity contribution in [2.75, 3.05) is 5.32 Å². The van der Waals surface area contributed by atoms with E-state index in [-0.39, 0.29) is 11.3 Å². The first-order valence-corrected chi connectivity index (χ1v) is 8.04. The normalized spacial score (nSPS) is 11.6. The first-order chi connectivity index (χ1) is 12.9. The van der Waals surface area contributed by atoms with Crippen molar-refractivity contribution in [3.63, 3.8) is 0 Å². The fourth-order valence-corrected chi connectivity index (χ4v) is 2.87. The number of benzene rings is 2. The molecule has 1 heterocycles. The second-order valence-corrected chi connectivity index (χ2v) is 5.90. The molecule has 0 unspecified atom stereocenters. The summed E-state index contributed by atoms with van der Waals surface area (Å²) in [5, 5.41) is 21.8. The maximum absolute atomic E-state index is 12.1. The SMILES string of the molecule is CC(O)=C(C#N)C(=O)Nc1cccc(-c2ccc(C(N)=O)c3[nH]ccc23)c1. The number of rotatable bonds is 4. The number of aliphatic hydroxyl groups is 1. The van der Waals surface area contributed by atoms with E-state index >= 15 is 0 Å². The van der Waals surface area contributed by atoms with Gasteiger partial charge in [0.05, 0.1) is 11.1 Å². The smallest absolute Gasteiger partial charge is 0.269 e. The van der Waals surface area contributed by atoms with Crippen molar-refractivity contribution in [2.24, 2.45) is 5.73 Å². The molecule has 0 bridgehead atoms. The number of fused-ring (bicyclic) bond motifs is 1. The van der Waals surface area contributed by atoms with Gasteiger partial charge in [-0.1, -0.05) is 18.2 Å². The predicted molar refractivity (Wildman–Crippen MR) is 102 cm³/mol. The van der Waals surface area contributed by atoms with Crippen LogP contribution in [0.1, 0.15) is 17.3 Å². The Balaban J connectivity index is 2.01. The highest BCUT2D eigenvalue weighted by molar-refractivity contribution is 6.10. The number of anilines is 1. The van der Waals surface area contributed by atoms with Gasteiger partial charge < -0.3 is 21.1 Å².